The van der Waals surface area contributed by atoms with E-state index in [0.29, 0.717) is 6.42 Å². The van der Waals surface area contributed by atoms with Gasteiger partial charge in [-0.25, -0.2) is 5.84 Å². The Balaban J connectivity index is 1.94. The quantitative estimate of drug-likeness (QED) is 0.384. The van der Waals surface area contributed by atoms with E-state index < -0.39 is 0 Å². The number of hydrogen-bond acceptors (Lipinski definition) is 3. The van der Waals surface area contributed by atoms with Crippen molar-refractivity contribution >= 4 is 17.7 Å². The molecular formula is C16H18N2OS. The van der Waals surface area contributed by atoms with Gasteiger partial charge in [0.1, 0.15) is 0 Å². The molecule has 4 heteroatoms. The molecule has 2 aromatic rings. The van der Waals surface area contributed by atoms with Crippen LogP contribution in [0.25, 0.3) is 0 Å². The van der Waals surface area contributed by atoms with Gasteiger partial charge in [-0.1, -0.05) is 42.5 Å². The molecule has 0 unspecified atom stereocenters. The van der Waals surface area contributed by atoms with Gasteiger partial charge in [-0.15, -0.1) is 11.8 Å². The summed E-state index contributed by atoms with van der Waals surface area (Å²) in [5.74, 6) is 5.82. The van der Waals surface area contributed by atoms with Gasteiger partial charge in [0.2, 0.25) is 5.91 Å². The fraction of sp³-hybridized carbons (Fsp3) is 0.188. The zero-order valence-corrected chi connectivity index (χ0v) is 12.2. The second kappa shape index (κ2) is 7.12. The number of carbonyl (C=O) groups excluding carboxylic acids is 1. The molecule has 1 amide bonds. The largest absolute Gasteiger partial charge is 0.294 e. The first kappa shape index (κ1) is 14.6. The number of aryl methyl sites for hydroxylation is 1. The van der Waals surface area contributed by atoms with E-state index in [9.17, 15) is 4.79 Å². The molecule has 0 bridgehead atoms. The predicted octanol–water partition coefficient (Wildman–Crippen LogP) is 2.82. The van der Waals surface area contributed by atoms with Crippen molar-refractivity contribution in [2.45, 2.75) is 24.0 Å². The van der Waals surface area contributed by atoms with E-state index in [-0.39, 0.29) is 5.91 Å². The lowest BCUT2D eigenvalue weighted by atomic mass is 10.1. The average Bonchev–Trinajstić information content (AvgIpc) is 2.48. The fourth-order valence-electron chi connectivity index (χ4n) is 1.87. The second-order valence-electron chi connectivity index (χ2n) is 4.61. The highest BCUT2D eigenvalue weighted by atomic mass is 32.2. The lowest BCUT2D eigenvalue weighted by Crippen LogP contribution is -2.31. The number of benzene rings is 2. The van der Waals surface area contributed by atoms with Crippen molar-refractivity contribution in [3.05, 3.63) is 65.2 Å². The molecule has 0 aliphatic heterocycles. The van der Waals surface area contributed by atoms with Crippen molar-refractivity contribution in [1.82, 2.24) is 5.43 Å². The van der Waals surface area contributed by atoms with Crippen LogP contribution in [0.4, 0.5) is 0 Å². The number of amides is 1. The van der Waals surface area contributed by atoms with Crippen LogP contribution in [-0.2, 0) is 17.0 Å². The van der Waals surface area contributed by atoms with Crippen molar-refractivity contribution in [1.29, 1.82) is 0 Å². The molecule has 0 heterocycles. The van der Waals surface area contributed by atoms with E-state index in [4.69, 9.17) is 5.84 Å². The maximum Gasteiger partial charge on any atom is 0.238 e. The van der Waals surface area contributed by atoms with Gasteiger partial charge in [-0.3, -0.25) is 10.2 Å². The highest BCUT2D eigenvalue weighted by Crippen LogP contribution is 2.25. The molecule has 20 heavy (non-hydrogen) atoms. The van der Waals surface area contributed by atoms with Crippen LogP contribution >= 0.6 is 11.8 Å². The predicted molar refractivity (Wildman–Crippen MR) is 83.2 cm³/mol. The first-order valence-corrected chi connectivity index (χ1v) is 7.43. The van der Waals surface area contributed by atoms with Crippen LogP contribution in [-0.4, -0.2) is 5.91 Å². The third-order valence-corrected chi connectivity index (χ3v) is 4.28. The first-order valence-electron chi connectivity index (χ1n) is 6.44. The SMILES string of the molecule is Cc1ccccc1SCc1ccc(CC(=O)NN)cc1. The maximum absolute atomic E-state index is 11.2. The summed E-state index contributed by atoms with van der Waals surface area (Å²) in [6.45, 7) is 2.12. The van der Waals surface area contributed by atoms with E-state index in [2.05, 4.69) is 48.7 Å². The molecule has 0 radical (unpaired) electrons. The summed E-state index contributed by atoms with van der Waals surface area (Å²) in [6.07, 6.45) is 0.321. The minimum absolute atomic E-state index is 0.174. The van der Waals surface area contributed by atoms with Crippen molar-refractivity contribution in [2.24, 2.45) is 5.84 Å². The van der Waals surface area contributed by atoms with E-state index in [1.807, 2.05) is 23.9 Å². The van der Waals surface area contributed by atoms with Crippen molar-refractivity contribution < 1.29 is 4.79 Å². The summed E-state index contributed by atoms with van der Waals surface area (Å²) in [7, 11) is 0. The molecule has 3 N–H and O–H groups in total. The Bertz CT molecular complexity index is 581. The van der Waals surface area contributed by atoms with E-state index in [1.54, 1.807) is 0 Å². The van der Waals surface area contributed by atoms with Gasteiger partial charge in [0.05, 0.1) is 6.42 Å². The molecule has 104 valence electrons. The van der Waals surface area contributed by atoms with Gasteiger partial charge in [0.15, 0.2) is 0 Å². The van der Waals surface area contributed by atoms with Gasteiger partial charge in [-0.05, 0) is 29.7 Å². The molecule has 0 aromatic heterocycles. The van der Waals surface area contributed by atoms with Gasteiger partial charge < -0.3 is 0 Å². The lowest BCUT2D eigenvalue weighted by Gasteiger charge is -2.06. The van der Waals surface area contributed by atoms with E-state index >= 15 is 0 Å². The third-order valence-electron chi connectivity index (χ3n) is 3.04. The van der Waals surface area contributed by atoms with E-state index in [0.717, 1.165) is 11.3 Å². The summed E-state index contributed by atoms with van der Waals surface area (Å²) in [5.41, 5.74) is 5.65. The lowest BCUT2D eigenvalue weighted by molar-refractivity contribution is -0.120. The zero-order valence-electron chi connectivity index (χ0n) is 11.4. The van der Waals surface area contributed by atoms with Crippen LogP contribution < -0.4 is 11.3 Å². The number of rotatable bonds is 5. The highest BCUT2D eigenvalue weighted by molar-refractivity contribution is 7.98. The molecule has 3 nitrogen and oxygen atoms in total. The Hall–Kier alpha value is -1.78. The van der Waals surface area contributed by atoms with Crippen LogP contribution in [0.3, 0.4) is 0 Å². The van der Waals surface area contributed by atoms with Crippen molar-refractivity contribution in [3.8, 4) is 0 Å². The van der Waals surface area contributed by atoms with Gasteiger partial charge in [0, 0.05) is 10.6 Å². The Morgan fingerprint density at radius 1 is 1.10 bits per heavy atom. The number of carbonyl (C=O) groups is 1. The van der Waals surface area contributed by atoms with Crippen molar-refractivity contribution in [2.75, 3.05) is 0 Å². The Morgan fingerprint density at radius 2 is 1.75 bits per heavy atom. The normalized spacial score (nSPS) is 10.3. The summed E-state index contributed by atoms with van der Waals surface area (Å²) in [5, 5.41) is 0. The van der Waals surface area contributed by atoms with Crippen LogP contribution in [0, 0.1) is 6.92 Å². The van der Waals surface area contributed by atoms with Crippen LogP contribution in [0.15, 0.2) is 53.4 Å². The summed E-state index contributed by atoms with van der Waals surface area (Å²) in [6, 6.07) is 16.4. The fourth-order valence-corrected chi connectivity index (χ4v) is 2.85. The molecule has 2 aromatic carbocycles. The first-order chi connectivity index (χ1) is 9.69. The number of nitrogens with two attached hydrogens (primary N) is 1. The minimum atomic E-state index is -0.174. The molecule has 0 aliphatic rings. The Kier molecular flexibility index (Phi) is 5.21. The number of hydrogen-bond donors (Lipinski definition) is 2. The molecule has 0 atom stereocenters. The van der Waals surface area contributed by atoms with Crippen LogP contribution in [0.5, 0.6) is 0 Å². The second-order valence-corrected chi connectivity index (χ2v) is 5.63. The van der Waals surface area contributed by atoms with Crippen LogP contribution in [0.1, 0.15) is 16.7 Å². The molecule has 0 aliphatic carbocycles. The van der Waals surface area contributed by atoms with E-state index in [1.165, 1.54) is 16.0 Å². The average molecular weight is 286 g/mol. The number of hydrazine groups is 1. The van der Waals surface area contributed by atoms with Gasteiger partial charge in [-0.2, -0.15) is 0 Å². The van der Waals surface area contributed by atoms with Gasteiger partial charge in [0.25, 0.3) is 0 Å². The van der Waals surface area contributed by atoms with Crippen LogP contribution in [0.2, 0.25) is 0 Å². The number of nitrogens with one attached hydrogen (secondary N) is 1. The van der Waals surface area contributed by atoms with Crippen molar-refractivity contribution in [3.63, 3.8) is 0 Å². The Morgan fingerprint density at radius 3 is 2.40 bits per heavy atom. The zero-order chi connectivity index (χ0) is 14.4. The summed E-state index contributed by atoms with van der Waals surface area (Å²) >= 11 is 1.83. The summed E-state index contributed by atoms with van der Waals surface area (Å²) in [4.78, 5) is 12.5. The molecule has 2 rings (SSSR count). The highest BCUT2D eigenvalue weighted by Gasteiger charge is 2.02. The summed E-state index contributed by atoms with van der Waals surface area (Å²) < 4.78 is 0. The topological polar surface area (TPSA) is 55.1 Å². The monoisotopic (exact) mass is 286 g/mol. The molecule has 0 saturated carbocycles. The number of thioether (sulfide) groups is 1. The molecule has 0 fully saturated rings. The minimum Gasteiger partial charge on any atom is -0.294 e. The third kappa shape index (κ3) is 4.11. The molecule has 0 spiro atoms. The Labute approximate surface area is 123 Å². The van der Waals surface area contributed by atoms with Gasteiger partial charge >= 0.3 is 0 Å². The smallest absolute Gasteiger partial charge is 0.238 e. The molecule has 0 saturated heterocycles. The maximum atomic E-state index is 11.2. The standard InChI is InChI=1S/C16H18N2OS/c1-12-4-2-3-5-15(12)20-11-14-8-6-13(7-9-14)10-16(19)18-17/h2-9H,10-11,17H2,1H3,(H,18,19). The molecular weight excluding hydrogens is 268 g/mol.